The Bertz CT molecular complexity index is 939. The molecule has 0 amide bonds. The van der Waals surface area contributed by atoms with Gasteiger partial charge in [0, 0.05) is 11.1 Å². The molecule has 24 heavy (non-hydrogen) atoms. The van der Waals surface area contributed by atoms with Gasteiger partial charge in [0.05, 0.1) is 22.9 Å². The highest BCUT2D eigenvalue weighted by Crippen LogP contribution is 2.36. The largest absolute Gasteiger partial charge is 0.493 e. The zero-order valence-electron chi connectivity index (χ0n) is 13.6. The van der Waals surface area contributed by atoms with Gasteiger partial charge < -0.3 is 5.11 Å². The molecular formula is C18H16N4OS. The Morgan fingerprint density at radius 3 is 2.58 bits per heavy atom. The molecule has 0 unspecified atom stereocenters. The zero-order valence-corrected chi connectivity index (χ0v) is 14.4. The number of hydrogen-bond acceptors (Lipinski definition) is 5. The van der Waals surface area contributed by atoms with Gasteiger partial charge in [-0.15, -0.1) is 11.8 Å². The zero-order chi connectivity index (χ0) is 17.3. The lowest BCUT2D eigenvalue weighted by atomic mass is 9.99. The van der Waals surface area contributed by atoms with E-state index in [1.165, 1.54) is 4.68 Å². The third-order valence-electron chi connectivity index (χ3n) is 3.83. The first-order valence-corrected chi connectivity index (χ1v) is 8.57. The molecule has 0 fully saturated rings. The summed E-state index contributed by atoms with van der Waals surface area (Å²) in [6.07, 6.45) is 3.74. The van der Waals surface area contributed by atoms with Crippen LogP contribution in [-0.4, -0.2) is 26.1 Å². The maximum absolute atomic E-state index is 10.7. The minimum Gasteiger partial charge on any atom is -0.493 e. The van der Waals surface area contributed by atoms with Crippen molar-refractivity contribution < 1.29 is 5.11 Å². The van der Waals surface area contributed by atoms with E-state index in [-0.39, 0.29) is 5.88 Å². The normalized spacial score (nSPS) is 10.6. The highest BCUT2D eigenvalue weighted by Gasteiger charge is 2.19. The number of aromatic nitrogens is 3. The van der Waals surface area contributed by atoms with Gasteiger partial charge in [-0.1, -0.05) is 6.07 Å². The Morgan fingerprint density at radius 1 is 1.21 bits per heavy atom. The fourth-order valence-corrected chi connectivity index (χ4v) is 2.98. The van der Waals surface area contributed by atoms with Gasteiger partial charge in [0.2, 0.25) is 5.88 Å². The molecule has 5 nitrogen and oxygen atoms in total. The third kappa shape index (κ3) is 2.74. The molecule has 0 aliphatic heterocycles. The van der Waals surface area contributed by atoms with E-state index in [4.69, 9.17) is 5.26 Å². The van der Waals surface area contributed by atoms with Gasteiger partial charge in [-0.25, -0.2) is 4.98 Å². The van der Waals surface area contributed by atoms with E-state index in [2.05, 4.69) is 16.2 Å². The quantitative estimate of drug-likeness (QED) is 0.735. The molecule has 0 radical (unpaired) electrons. The average Bonchev–Trinajstić information content (AvgIpc) is 2.89. The molecule has 1 aromatic carbocycles. The summed E-state index contributed by atoms with van der Waals surface area (Å²) in [5, 5.41) is 24.1. The van der Waals surface area contributed by atoms with Crippen molar-refractivity contribution >= 4 is 11.8 Å². The topological polar surface area (TPSA) is 74.7 Å². The maximum Gasteiger partial charge on any atom is 0.224 e. The molecule has 0 atom stereocenters. The Balaban J connectivity index is 2.11. The van der Waals surface area contributed by atoms with Crippen molar-refractivity contribution in [3.05, 3.63) is 53.3 Å². The second-order valence-electron chi connectivity index (χ2n) is 5.39. The van der Waals surface area contributed by atoms with Crippen LogP contribution in [0, 0.1) is 25.2 Å². The Labute approximate surface area is 144 Å². The van der Waals surface area contributed by atoms with Crippen LogP contribution in [0.4, 0.5) is 0 Å². The van der Waals surface area contributed by atoms with E-state index in [1.807, 2.05) is 38.3 Å². The predicted octanol–water partition coefficient (Wildman–Crippen LogP) is 3.85. The van der Waals surface area contributed by atoms with E-state index in [1.54, 1.807) is 30.1 Å². The number of rotatable bonds is 3. The molecule has 0 aliphatic carbocycles. The standard InChI is InChI=1S/C18H16N4OS/c1-11-8-13(9-19)4-6-15(11)17-12(2)21-22(18(17)23)16-7-5-14(24-3)10-20-16/h4-8,10,23H,1-3H3. The number of hydrogen-bond donors (Lipinski definition) is 1. The highest BCUT2D eigenvalue weighted by atomic mass is 32.2. The van der Waals surface area contributed by atoms with E-state index in [0.717, 1.165) is 16.0 Å². The molecule has 0 aliphatic rings. The number of aromatic hydroxyl groups is 1. The maximum atomic E-state index is 10.7. The molecule has 0 saturated carbocycles. The summed E-state index contributed by atoms with van der Waals surface area (Å²) in [6.45, 7) is 3.76. The monoisotopic (exact) mass is 336 g/mol. The Morgan fingerprint density at radius 2 is 2.00 bits per heavy atom. The summed E-state index contributed by atoms with van der Waals surface area (Å²) < 4.78 is 1.44. The lowest BCUT2D eigenvalue weighted by Gasteiger charge is -2.07. The van der Waals surface area contributed by atoms with Gasteiger partial charge >= 0.3 is 0 Å². The van der Waals surface area contributed by atoms with E-state index in [0.29, 0.717) is 22.6 Å². The van der Waals surface area contributed by atoms with Gasteiger partial charge in [0.1, 0.15) is 0 Å². The molecule has 3 aromatic rings. The lowest BCUT2D eigenvalue weighted by Crippen LogP contribution is -1.98. The van der Waals surface area contributed by atoms with Crippen LogP contribution in [0.3, 0.4) is 0 Å². The lowest BCUT2D eigenvalue weighted by molar-refractivity contribution is 0.433. The van der Waals surface area contributed by atoms with Crippen LogP contribution < -0.4 is 0 Å². The molecule has 6 heteroatoms. The van der Waals surface area contributed by atoms with Gasteiger partial charge in [-0.05, 0) is 55.5 Å². The summed E-state index contributed by atoms with van der Waals surface area (Å²) in [7, 11) is 0. The number of pyridine rings is 1. The third-order valence-corrected chi connectivity index (χ3v) is 4.55. The molecular weight excluding hydrogens is 320 g/mol. The van der Waals surface area contributed by atoms with Crippen molar-refractivity contribution in [3.63, 3.8) is 0 Å². The van der Waals surface area contributed by atoms with Crippen LogP contribution >= 0.6 is 11.8 Å². The smallest absolute Gasteiger partial charge is 0.224 e. The molecule has 1 N–H and O–H groups in total. The minimum absolute atomic E-state index is 0.0460. The molecule has 0 bridgehead atoms. The second-order valence-corrected chi connectivity index (χ2v) is 6.27. The molecule has 120 valence electrons. The van der Waals surface area contributed by atoms with E-state index < -0.39 is 0 Å². The highest BCUT2D eigenvalue weighted by molar-refractivity contribution is 7.98. The van der Waals surface area contributed by atoms with Crippen LogP contribution in [0.15, 0.2) is 41.4 Å². The molecule has 2 aromatic heterocycles. The van der Waals surface area contributed by atoms with Crippen LogP contribution in [-0.2, 0) is 0 Å². The fourth-order valence-electron chi connectivity index (χ4n) is 2.62. The second kappa shape index (κ2) is 6.38. The van der Waals surface area contributed by atoms with Crippen molar-refractivity contribution in [3.8, 4) is 28.9 Å². The van der Waals surface area contributed by atoms with Gasteiger partial charge in [0.25, 0.3) is 0 Å². The SMILES string of the molecule is CSc1ccc(-n2nc(C)c(-c3ccc(C#N)cc3C)c2O)nc1. The van der Waals surface area contributed by atoms with Gasteiger partial charge in [0.15, 0.2) is 5.82 Å². The van der Waals surface area contributed by atoms with Crippen LogP contribution in [0.1, 0.15) is 16.8 Å². The first-order chi connectivity index (χ1) is 11.5. The van der Waals surface area contributed by atoms with Crippen LogP contribution in [0.5, 0.6) is 5.88 Å². The Hall–Kier alpha value is -2.78. The van der Waals surface area contributed by atoms with Gasteiger partial charge in [-0.2, -0.15) is 15.0 Å². The number of benzene rings is 1. The first-order valence-electron chi connectivity index (χ1n) is 7.35. The van der Waals surface area contributed by atoms with Crippen molar-refractivity contribution in [1.82, 2.24) is 14.8 Å². The number of nitrogens with zero attached hydrogens (tertiary/aromatic N) is 4. The summed E-state index contributed by atoms with van der Waals surface area (Å²) in [4.78, 5) is 5.40. The molecule has 0 saturated heterocycles. The Kier molecular flexibility index (Phi) is 4.28. The molecule has 2 heterocycles. The number of thioether (sulfide) groups is 1. The predicted molar refractivity (Wildman–Crippen MR) is 94.4 cm³/mol. The van der Waals surface area contributed by atoms with Crippen LogP contribution in [0.25, 0.3) is 16.9 Å². The number of aryl methyl sites for hydroxylation is 2. The average molecular weight is 336 g/mol. The molecule has 3 rings (SSSR count). The fraction of sp³-hybridized carbons (Fsp3) is 0.167. The summed E-state index contributed by atoms with van der Waals surface area (Å²) in [6, 6.07) is 11.3. The molecule has 0 spiro atoms. The van der Waals surface area contributed by atoms with E-state index in [9.17, 15) is 5.11 Å². The van der Waals surface area contributed by atoms with Crippen molar-refractivity contribution in [2.24, 2.45) is 0 Å². The van der Waals surface area contributed by atoms with Crippen LogP contribution in [0.2, 0.25) is 0 Å². The summed E-state index contributed by atoms with van der Waals surface area (Å²) in [5.41, 5.74) is 3.73. The van der Waals surface area contributed by atoms with Crippen molar-refractivity contribution in [2.45, 2.75) is 18.7 Å². The minimum atomic E-state index is 0.0460. The van der Waals surface area contributed by atoms with Crippen molar-refractivity contribution in [2.75, 3.05) is 6.26 Å². The van der Waals surface area contributed by atoms with Gasteiger partial charge in [-0.3, -0.25) is 0 Å². The van der Waals surface area contributed by atoms with Crippen molar-refractivity contribution in [1.29, 1.82) is 5.26 Å². The summed E-state index contributed by atoms with van der Waals surface area (Å²) >= 11 is 1.61. The first kappa shape index (κ1) is 16.1. The summed E-state index contributed by atoms with van der Waals surface area (Å²) in [5.74, 6) is 0.607. The number of nitriles is 1. The van der Waals surface area contributed by atoms with E-state index >= 15 is 0 Å².